The van der Waals surface area contributed by atoms with Gasteiger partial charge in [-0.15, -0.1) is 0 Å². The van der Waals surface area contributed by atoms with E-state index in [1.54, 1.807) is 7.11 Å². The van der Waals surface area contributed by atoms with Crippen molar-refractivity contribution in [2.75, 3.05) is 7.11 Å². The van der Waals surface area contributed by atoms with Crippen LogP contribution in [0.15, 0.2) is 54.6 Å². The van der Waals surface area contributed by atoms with Crippen molar-refractivity contribution in [1.82, 2.24) is 9.55 Å². The highest BCUT2D eigenvalue weighted by atomic mass is 16.5. The molecule has 0 aliphatic carbocycles. The Morgan fingerprint density at radius 3 is 2.17 bits per heavy atom. The molecule has 0 saturated heterocycles. The van der Waals surface area contributed by atoms with E-state index in [4.69, 9.17) is 14.5 Å². The number of benzene rings is 3. The molecule has 0 atom stereocenters. The molecule has 0 bridgehead atoms. The Hall–Kier alpha value is -3.27. The third-order valence-electron chi connectivity index (χ3n) is 6.00. The van der Waals surface area contributed by atoms with Gasteiger partial charge < -0.3 is 14.0 Å². The molecule has 0 aliphatic rings. The van der Waals surface area contributed by atoms with Crippen LogP contribution in [0.25, 0.3) is 11.0 Å². The van der Waals surface area contributed by atoms with Crippen molar-refractivity contribution < 1.29 is 9.47 Å². The van der Waals surface area contributed by atoms with Crippen LogP contribution in [0.2, 0.25) is 0 Å². The summed E-state index contributed by atoms with van der Waals surface area (Å²) in [5.41, 5.74) is 8.78. The zero-order valence-corrected chi connectivity index (χ0v) is 18.3. The first kappa shape index (κ1) is 20.0. The Balaban J connectivity index is 1.75. The standard InChI is InChI=1S/C26H28N2O2/c1-17-14-18(2)20(4)21(19(17)3)15-28-23-11-7-6-10-22(23)27-26(28)16-30-25-13-9-8-12-24(25)29-5/h6-14H,15-16H2,1-5H3. The van der Waals surface area contributed by atoms with Gasteiger partial charge in [-0.2, -0.15) is 0 Å². The molecule has 154 valence electrons. The van der Waals surface area contributed by atoms with E-state index in [1.807, 2.05) is 30.3 Å². The van der Waals surface area contributed by atoms with Gasteiger partial charge in [0.05, 0.1) is 24.7 Å². The molecule has 0 N–H and O–H groups in total. The van der Waals surface area contributed by atoms with Crippen LogP contribution in [0.4, 0.5) is 0 Å². The molecule has 4 aromatic rings. The molecule has 0 aliphatic heterocycles. The second-order valence-electron chi connectivity index (χ2n) is 7.78. The fraction of sp³-hybridized carbons (Fsp3) is 0.269. The quantitative estimate of drug-likeness (QED) is 0.404. The lowest BCUT2D eigenvalue weighted by Crippen LogP contribution is -2.11. The molecule has 1 heterocycles. The van der Waals surface area contributed by atoms with Gasteiger partial charge in [0.25, 0.3) is 0 Å². The van der Waals surface area contributed by atoms with Gasteiger partial charge in [-0.05, 0) is 79.8 Å². The first-order valence-electron chi connectivity index (χ1n) is 10.3. The first-order valence-corrected chi connectivity index (χ1v) is 10.3. The largest absolute Gasteiger partial charge is 0.493 e. The van der Waals surface area contributed by atoms with Gasteiger partial charge in [-0.3, -0.25) is 0 Å². The van der Waals surface area contributed by atoms with E-state index < -0.39 is 0 Å². The molecular weight excluding hydrogens is 372 g/mol. The molecule has 4 heteroatoms. The third kappa shape index (κ3) is 3.65. The number of hydrogen-bond donors (Lipinski definition) is 0. The normalized spacial score (nSPS) is 11.1. The van der Waals surface area contributed by atoms with Crippen LogP contribution in [-0.4, -0.2) is 16.7 Å². The predicted octanol–water partition coefficient (Wildman–Crippen LogP) is 5.91. The number of nitrogens with zero attached hydrogens (tertiary/aromatic N) is 2. The van der Waals surface area contributed by atoms with Gasteiger partial charge >= 0.3 is 0 Å². The van der Waals surface area contributed by atoms with Gasteiger partial charge in [0.15, 0.2) is 11.5 Å². The van der Waals surface area contributed by atoms with Crippen molar-refractivity contribution in [2.24, 2.45) is 0 Å². The number of fused-ring (bicyclic) bond motifs is 1. The molecular formula is C26H28N2O2. The summed E-state index contributed by atoms with van der Waals surface area (Å²) >= 11 is 0. The number of methoxy groups -OCH3 is 1. The van der Waals surface area contributed by atoms with Crippen LogP contribution in [0.1, 0.15) is 33.6 Å². The number of hydrogen-bond acceptors (Lipinski definition) is 3. The number of imidazole rings is 1. The van der Waals surface area contributed by atoms with Gasteiger partial charge in [-0.1, -0.05) is 30.3 Å². The van der Waals surface area contributed by atoms with Crippen molar-refractivity contribution in [1.29, 1.82) is 0 Å². The maximum atomic E-state index is 6.12. The summed E-state index contributed by atoms with van der Waals surface area (Å²) in [7, 11) is 1.66. The summed E-state index contributed by atoms with van der Waals surface area (Å²) in [4.78, 5) is 4.88. The molecule has 4 rings (SSSR count). The zero-order chi connectivity index (χ0) is 21.3. The van der Waals surface area contributed by atoms with Gasteiger partial charge in [0.1, 0.15) is 12.4 Å². The molecule has 3 aromatic carbocycles. The first-order chi connectivity index (χ1) is 14.5. The Bertz CT molecular complexity index is 1180. The highest BCUT2D eigenvalue weighted by Crippen LogP contribution is 2.28. The van der Waals surface area contributed by atoms with Gasteiger partial charge in [-0.25, -0.2) is 4.98 Å². The molecule has 4 nitrogen and oxygen atoms in total. The molecule has 0 unspecified atom stereocenters. The summed E-state index contributed by atoms with van der Waals surface area (Å²) < 4.78 is 13.8. The Kier molecular flexibility index (Phi) is 5.49. The molecule has 0 amide bonds. The van der Waals surface area contributed by atoms with Crippen LogP contribution in [0, 0.1) is 27.7 Å². The van der Waals surface area contributed by atoms with Gasteiger partial charge in [0, 0.05) is 0 Å². The fourth-order valence-electron chi connectivity index (χ4n) is 3.99. The lowest BCUT2D eigenvalue weighted by molar-refractivity contribution is 0.273. The van der Waals surface area contributed by atoms with Crippen molar-refractivity contribution in [3.63, 3.8) is 0 Å². The van der Waals surface area contributed by atoms with E-state index in [9.17, 15) is 0 Å². The van der Waals surface area contributed by atoms with Crippen molar-refractivity contribution in [2.45, 2.75) is 40.8 Å². The second kappa shape index (κ2) is 8.23. The van der Waals surface area contributed by atoms with Crippen LogP contribution < -0.4 is 9.47 Å². The third-order valence-corrected chi connectivity index (χ3v) is 6.00. The fourth-order valence-corrected chi connectivity index (χ4v) is 3.99. The van der Waals surface area contributed by atoms with Crippen LogP contribution >= 0.6 is 0 Å². The Morgan fingerprint density at radius 2 is 1.47 bits per heavy atom. The summed E-state index contributed by atoms with van der Waals surface area (Å²) in [6.45, 7) is 9.93. The summed E-state index contributed by atoms with van der Waals surface area (Å²) in [6.07, 6.45) is 0. The van der Waals surface area contributed by atoms with Crippen molar-refractivity contribution in [3.8, 4) is 11.5 Å². The summed E-state index contributed by atoms with van der Waals surface area (Å²) in [6, 6.07) is 18.2. The topological polar surface area (TPSA) is 36.3 Å². The highest BCUT2D eigenvalue weighted by Gasteiger charge is 2.16. The average molecular weight is 401 g/mol. The smallest absolute Gasteiger partial charge is 0.161 e. The molecule has 0 radical (unpaired) electrons. The van der Waals surface area contributed by atoms with E-state index in [0.29, 0.717) is 6.61 Å². The minimum Gasteiger partial charge on any atom is -0.493 e. The van der Waals surface area contributed by atoms with Crippen molar-refractivity contribution >= 4 is 11.0 Å². The maximum Gasteiger partial charge on any atom is 0.161 e. The molecule has 30 heavy (non-hydrogen) atoms. The number of para-hydroxylation sites is 4. The molecule has 1 aromatic heterocycles. The number of aromatic nitrogens is 2. The van der Waals surface area contributed by atoms with Gasteiger partial charge in [0.2, 0.25) is 0 Å². The highest BCUT2D eigenvalue weighted by molar-refractivity contribution is 5.76. The van der Waals surface area contributed by atoms with Crippen molar-refractivity contribution in [3.05, 3.63) is 88.2 Å². The Morgan fingerprint density at radius 1 is 0.833 bits per heavy atom. The molecule has 0 saturated carbocycles. The lowest BCUT2D eigenvalue weighted by atomic mass is 9.94. The Labute approximate surface area is 178 Å². The lowest BCUT2D eigenvalue weighted by Gasteiger charge is -2.18. The minimum absolute atomic E-state index is 0.373. The number of aryl methyl sites for hydroxylation is 2. The molecule has 0 spiro atoms. The number of ether oxygens (including phenoxy) is 2. The van der Waals surface area contributed by atoms with E-state index in [1.165, 1.54) is 27.8 Å². The van der Waals surface area contributed by atoms with E-state index in [2.05, 4.69) is 56.5 Å². The van der Waals surface area contributed by atoms with E-state index >= 15 is 0 Å². The average Bonchev–Trinajstić information content (AvgIpc) is 3.11. The minimum atomic E-state index is 0.373. The second-order valence-corrected chi connectivity index (χ2v) is 7.78. The zero-order valence-electron chi connectivity index (χ0n) is 18.3. The monoisotopic (exact) mass is 400 g/mol. The van der Waals surface area contributed by atoms with Crippen LogP contribution in [0.3, 0.4) is 0 Å². The number of rotatable bonds is 6. The van der Waals surface area contributed by atoms with Crippen LogP contribution in [-0.2, 0) is 13.2 Å². The SMILES string of the molecule is COc1ccccc1OCc1nc2ccccc2n1Cc1c(C)c(C)cc(C)c1C. The summed E-state index contributed by atoms with van der Waals surface area (Å²) in [5.74, 6) is 2.35. The molecule has 0 fully saturated rings. The summed E-state index contributed by atoms with van der Waals surface area (Å²) in [5, 5.41) is 0. The van der Waals surface area contributed by atoms with E-state index in [0.717, 1.165) is 34.9 Å². The maximum absolute atomic E-state index is 6.12. The van der Waals surface area contributed by atoms with Crippen LogP contribution in [0.5, 0.6) is 11.5 Å². The van der Waals surface area contributed by atoms with E-state index in [-0.39, 0.29) is 0 Å². The predicted molar refractivity (Wildman–Crippen MR) is 122 cm³/mol.